The average Bonchev–Trinajstić information content (AvgIpc) is 3.10. The van der Waals surface area contributed by atoms with Gasteiger partial charge in [0.05, 0.1) is 20.2 Å². The molecule has 0 atom stereocenters. The number of rotatable bonds is 7. The standard InChI is InChI=1S/C18H17N3O4S/c1-24-14-9-8-12(10-15(14)25-2)17-19-20-18(26-11-16(22)23)21(17)13-6-4-3-5-7-13/h3-10H,11H2,1-2H3,(H,22,23)/p-1. The molecule has 0 amide bonds. The van der Waals surface area contributed by atoms with E-state index in [2.05, 4.69) is 10.2 Å². The number of hydrogen-bond donors (Lipinski definition) is 0. The molecule has 0 aliphatic rings. The minimum absolute atomic E-state index is 0.211. The molecule has 0 fully saturated rings. The number of para-hydroxylation sites is 1. The zero-order valence-corrected chi connectivity index (χ0v) is 15.0. The zero-order chi connectivity index (χ0) is 18.5. The van der Waals surface area contributed by atoms with Crippen molar-refractivity contribution < 1.29 is 19.4 Å². The lowest BCUT2D eigenvalue weighted by Gasteiger charge is -2.12. The van der Waals surface area contributed by atoms with Crippen molar-refractivity contribution >= 4 is 17.7 Å². The molecule has 0 saturated heterocycles. The Morgan fingerprint density at radius 1 is 1.08 bits per heavy atom. The Morgan fingerprint density at radius 2 is 1.81 bits per heavy atom. The maximum Gasteiger partial charge on any atom is 0.196 e. The highest BCUT2D eigenvalue weighted by Gasteiger charge is 2.17. The smallest absolute Gasteiger partial charge is 0.196 e. The summed E-state index contributed by atoms with van der Waals surface area (Å²) in [4.78, 5) is 10.8. The van der Waals surface area contributed by atoms with Crippen molar-refractivity contribution in [3.8, 4) is 28.6 Å². The van der Waals surface area contributed by atoms with Crippen molar-refractivity contribution in [2.75, 3.05) is 20.0 Å². The second-order valence-corrected chi connectivity index (χ2v) is 6.15. The molecule has 8 heteroatoms. The minimum Gasteiger partial charge on any atom is -0.549 e. The van der Waals surface area contributed by atoms with Crippen LogP contribution in [0.1, 0.15) is 0 Å². The van der Waals surface area contributed by atoms with Gasteiger partial charge in [0.2, 0.25) is 0 Å². The number of hydrogen-bond acceptors (Lipinski definition) is 7. The van der Waals surface area contributed by atoms with E-state index in [-0.39, 0.29) is 5.75 Å². The van der Waals surface area contributed by atoms with Crippen LogP contribution in [0.15, 0.2) is 53.7 Å². The van der Waals surface area contributed by atoms with Crippen LogP contribution in [0, 0.1) is 0 Å². The van der Waals surface area contributed by atoms with Crippen molar-refractivity contribution in [2.45, 2.75) is 5.16 Å². The fourth-order valence-corrected chi connectivity index (χ4v) is 3.13. The molecule has 0 saturated carbocycles. The summed E-state index contributed by atoms with van der Waals surface area (Å²) in [5, 5.41) is 19.7. The van der Waals surface area contributed by atoms with E-state index in [1.165, 1.54) is 0 Å². The monoisotopic (exact) mass is 370 g/mol. The fraction of sp³-hybridized carbons (Fsp3) is 0.167. The highest BCUT2D eigenvalue weighted by atomic mass is 32.2. The first-order valence-corrected chi connectivity index (χ1v) is 8.68. The van der Waals surface area contributed by atoms with Gasteiger partial charge in [0, 0.05) is 17.0 Å². The molecule has 0 spiro atoms. The van der Waals surface area contributed by atoms with Gasteiger partial charge in [-0.1, -0.05) is 30.0 Å². The molecule has 134 valence electrons. The topological polar surface area (TPSA) is 89.3 Å². The number of nitrogens with zero attached hydrogens (tertiary/aromatic N) is 3. The van der Waals surface area contributed by atoms with Crippen LogP contribution < -0.4 is 14.6 Å². The van der Waals surface area contributed by atoms with Gasteiger partial charge in [-0.05, 0) is 30.3 Å². The summed E-state index contributed by atoms with van der Waals surface area (Å²) in [6.45, 7) is 0. The zero-order valence-electron chi connectivity index (χ0n) is 14.2. The van der Waals surface area contributed by atoms with Crippen molar-refractivity contribution in [3.63, 3.8) is 0 Å². The number of ether oxygens (including phenoxy) is 2. The summed E-state index contributed by atoms with van der Waals surface area (Å²) < 4.78 is 12.4. The van der Waals surface area contributed by atoms with E-state index in [4.69, 9.17) is 9.47 Å². The Hall–Kier alpha value is -3.00. The number of aliphatic carboxylic acids is 1. The molecule has 0 unspecified atom stereocenters. The van der Waals surface area contributed by atoms with Crippen LogP contribution in [0.25, 0.3) is 17.1 Å². The number of benzene rings is 2. The highest BCUT2D eigenvalue weighted by Crippen LogP contribution is 2.34. The summed E-state index contributed by atoms with van der Waals surface area (Å²) in [5.41, 5.74) is 1.59. The normalized spacial score (nSPS) is 10.5. The van der Waals surface area contributed by atoms with Gasteiger partial charge in [0.25, 0.3) is 0 Å². The molecule has 0 radical (unpaired) electrons. The summed E-state index contributed by atoms with van der Waals surface area (Å²) in [7, 11) is 3.13. The van der Waals surface area contributed by atoms with Crippen LogP contribution in [-0.4, -0.2) is 40.7 Å². The molecule has 0 aliphatic heterocycles. The molecule has 1 aromatic heterocycles. The molecule has 26 heavy (non-hydrogen) atoms. The van der Waals surface area contributed by atoms with E-state index < -0.39 is 5.97 Å². The van der Waals surface area contributed by atoms with Gasteiger partial charge in [0.1, 0.15) is 0 Å². The second-order valence-electron chi connectivity index (χ2n) is 5.21. The van der Waals surface area contributed by atoms with Gasteiger partial charge in [-0.3, -0.25) is 4.57 Å². The van der Waals surface area contributed by atoms with E-state index in [0.717, 1.165) is 23.0 Å². The maximum atomic E-state index is 10.8. The summed E-state index contributed by atoms with van der Waals surface area (Å²) in [6.07, 6.45) is 0. The van der Waals surface area contributed by atoms with E-state index >= 15 is 0 Å². The summed E-state index contributed by atoms with van der Waals surface area (Å²) in [5.74, 6) is 0.366. The Labute approximate surface area is 154 Å². The van der Waals surface area contributed by atoms with Gasteiger partial charge >= 0.3 is 0 Å². The average molecular weight is 370 g/mol. The van der Waals surface area contributed by atoms with E-state index in [9.17, 15) is 9.90 Å². The number of methoxy groups -OCH3 is 2. The van der Waals surface area contributed by atoms with Gasteiger partial charge in [-0.2, -0.15) is 0 Å². The lowest BCUT2D eigenvalue weighted by molar-refractivity contribution is -0.301. The Morgan fingerprint density at radius 3 is 2.46 bits per heavy atom. The number of thioether (sulfide) groups is 1. The molecule has 3 aromatic rings. The molecular weight excluding hydrogens is 354 g/mol. The summed E-state index contributed by atoms with van der Waals surface area (Å²) in [6, 6.07) is 14.9. The Balaban J connectivity index is 2.11. The predicted molar refractivity (Wildman–Crippen MR) is 95.6 cm³/mol. The van der Waals surface area contributed by atoms with Gasteiger partial charge < -0.3 is 19.4 Å². The lowest BCUT2D eigenvalue weighted by atomic mass is 10.2. The van der Waals surface area contributed by atoms with Gasteiger partial charge in [0.15, 0.2) is 22.5 Å². The molecule has 0 aliphatic carbocycles. The first kappa shape index (κ1) is 17.8. The van der Waals surface area contributed by atoms with Crippen LogP contribution in [0.3, 0.4) is 0 Å². The van der Waals surface area contributed by atoms with Gasteiger partial charge in [-0.25, -0.2) is 0 Å². The van der Waals surface area contributed by atoms with Crippen molar-refractivity contribution in [2.24, 2.45) is 0 Å². The molecule has 3 rings (SSSR count). The molecule has 0 N–H and O–H groups in total. The Kier molecular flexibility index (Phi) is 5.43. The number of carbonyl (C=O) groups excluding carboxylic acids is 1. The molecule has 1 heterocycles. The third-order valence-electron chi connectivity index (χ3n) is 3.61. The first-order chi connectivity index (χ1) is 12.6. The second kappa shape index (κ2) is 7.92. The van der Waals surface area contributed by atoms with Crippen LogP contribution >= 0.6 is 11.8 Å². The molecule has 7 nitrogen and oxygen atoms in total. The van der Waals surface area contributed by atoms with Crippen molar-refractivity contribution in [1.82, 2.24) is 14.8 Å². The lowest BCUT2D eigenvalue weighted by Crippen LogP contribution is -2.24. The molecule has 2 aromatic carbocycles. The maximum absolute atomic E-state index is 10.8. The van der Waals surface area contributed by atoms with E-state index in [0.29, 0.717) is 22.5 Å². The van der Waals surface area contributed by atoms with Crippen LogP contribution in [0.5, 0.6) is 11.5 Å². The predicted octanol–water partition coefficient (Wildman–Crippen LogP) is 1.79. The van der Waals surface area contributed by atoms with Crippen molar-refractivity contribution in [1.29, 1.82) is 0 Å². The Bertz CT molecular complexity index is 912. The summed E-state index contributed by atoms with van der Waals surface area (Å²) >= 11 is 1.05. The van der Waals surface area contributed by atoms with Gasteiger partial charge in [-0.15, -0.1) is 10.2 Å². The number of carbonyl (C=O) groups is 1. The largest absolute Gasteiger partial charge is 0.549 e. The third kappa shape index (κ3) is 3.65. The number of aromatic nitrogens is 3. The van der Waals surface area contributed by atoms with Crippen LogP contribution in [0.2, 0.25) is 0 Å². The minimum atomic E-state index is -1.16. The SMILES string of the molecule is COc1ccc(-c2nnc(SCC(=O)[O-])n2-c2ccccc2)cc1OC. The first-order valence-electron chi connectivity index (χ1n) is 7.70. The van der Waals surface area contributed by atoms with E-state index in [1.807, 2.05) is 36.4 Å². The fourth-order valence-electron chi connectivity index (χ4n) is 2.46. The van der Waals surface area contributed by atoms with Crippen LogP contribution in [0.4, 0.5) is 0 Å². The van der Waals surface area contributed by atoms with Crippen LogP contribution in [-0.2, 0) is 4.79 Å². The highest BCUT2D eigenvalue weighted by molar-refractivity contribution is 7.99. The van der Waals surface area contributed by atoms with Crippen molar-refractivity contribution in [3.05, 3.63) is 48.5 Å². The number of carboxylic acids is 1. The quantitative estimate of drug-likeness (QED) is 0.586. The number of carboxylic acid groups (broad SMARTS) is 1. The third-order valence-corrected chi connectivity index (χ3v) is 4.51. The molecular formula is C18H16N3O4S-. The van der Waals surface area contributed by atoms with E-state index in [1.54, 1.807) is 30.9 Å². The molecule has 0 bridgehead atoms.